The number of esters is 1. The van der Waals surface area contributed by atoms with Gasteiger partial charge in [-0.2, -0.15) is 0 Å². The van der Waals surface area contributed by atoms with Crippen LogP contribution >= 0.6 is 0 Å². The SMILES string of the molecule is CC(C)C1=CC2=CC=C3C(C)(C)COC(=O)[C@@]3(C)CC2=C(O)C1=O. The number of hydrogen-bond acceptors (Lipinski definition) is 4. The second-order valence-electron chi connectivity index (χ2n) is 8.08. The van der Waals surface area contributed by atoms with Gasteiger partial charge in [-0.15, -0.1) is 0 Å². The molecular formula is C20H24O4. The summed E-state index contributed by atoms with van der Waals surface area (Å²) in [7, 11) is 0. The summed E-state index contributed by atoms with van der Waals surface area (Å²) in [6.07, 6.45) is 6.01. The Kier molecular flexibility index (Phi) is 3.63. The Morgan fingerprint density at radius 2 is 1.83 bits per heavy atom. The molecule has 1 saturated heterocycles. The van der Waals surface area contributed by atoms with Crippen LogP contribution in [0.15, 0.2) is 46.3 Å². The number of cyclic esters (lactones) is 1. The first kappa shape index (κ1) is 16.7. The number of allylic oxidation sites excluding steroid dienone is 6. The van der Waals surface area contributed by atoms with Crippen LogP contribution in [0.25, 0.3) is 0 Å². The number of carbonyl (C=O) groups excluding carboxylic acids is 2. The van der Waals surface area contributed by atoms with Crippen LogP contribution in [-0.4, -0.2) is 23.5 Å². The largest absolute Gasteiger partial charge is 0.504 e. The van der Waals surface area contributed by atoms with Crippen molar-refractivity contribution in [3.05, 3.63) is 46.3 Å². The number of carbonyl (C=O) groups is 2. The zero-order valence-electron chi connectivity index (χ0n) is 14.9. The highest BCUT2D eigenvalue weighted by Crippen LogP contribution is 2.51. The molecule has 1 heterocycles. The molecule has 128 valence electrons. The summed E-state index contributed by atoms with van der Waals surface area (Å²) in [6.45, 7) is 10.1. The third kappa shape index (κ3) is 2.27. The molecule has 3 rings (SSSR count). The number of Topliss-reactive ketones (excluding diaryl/α,β-unsaturated/α-hetero) is 1. The minimum atomic E-state index is -0.868. The lowest BCUT2D eigenvalue weighted by molar-refractivity contribution is -0.161. The summed E-state index contributed by atoms with van der Waals surface area (Å²) in [6, 6.07) is 0. The molecule has 0 spiro atoms. The summed E-state index contributed by atoms with van der Waals surface area (Å²) in [5, 5.41) is 10.5. The average molecular weight is 328 g/mol. The van der Waals surface area contributed by atoms with Gasteiger partial charge in [0, 0.05) is 16.6 Å². The number of aliphatic hydroxyl groups is 1. The van der Waals surface area contributed by atoms with E-state index < -0.39 is 5.41 Å². The fourth-order valence-corrected chi connectivity index (χ4v) is 3.94. The van der Waals surface area contributed by atoms with Crippen LogP contribution in [0.3, 0.4) is 0 Å². The molecule has 0 aromatic carbocycles. The van der Waals surface area contributed by atoms with Crippen LogP contribution in [0.1, 0.15) is 41.0 Å². The van der Waals surface area contributed by atoms with Crippen LogP contribution in [0, 0.1) is 16.7 Å². The number of ketones is 1. The molecule has 4 heteroatoms. The minimum absolute atomic E-state index is 0.0253. The molecule has 1 aliphatic heterocycles. The Labute approximate surface area is 142 Å². The van der Waals surface area contributed by atoms with E-state index in [2.05, 4.69) is 0 Å². The van der Waals surface area contributed by atoms with Gasteiger partial charge in [0.05, 0.1) is 5.41 Å². The van der Waals surface area contributed by atoms with Gasteiger partial charge in [0.15, 0.2) is 5.76 Å². The average Bonchev–Trinajstić information content (AvgIpc) is 2.65. The molecule has 0 aromatic heterocycles. The zero-order chi connectivity index (χ0) is 17.9. The summed E-state index contributed by atoms with van der Waals surface area (Å²) >= 11 is 0. The van der Waals surface area contributed by atoms with Crippen molar-refractivity contribution in [2.24, 2.45) is 16.7 Å². The molecule has 0 saturated carbocycles. The summed E-state index contributed by atoms with van der Waals surface area (Å²) in [5.41, 5.74) is 1.78. The molecule has 0 aromatic rings. The number of ether oxygens (including phenoxy) is 1. The third-order valence-electron chi connectivity index (χ3n) is 5.34. The smallest absolute Gasteiger partial charge is 0.316 e. The van der Waals surface area contributed by atoms with Gasteiger partial charge in [-0.25, -0.2) is 0 Å². The summed E-state index contributed by atoms with van der Waals surface area (Å²) < 4.78 is 5.41. The molecule has 24 heavy (non-hydrogen) atoms. The summed E-state index contributed by atoms with van der Waals surface area (Å²) in [5.74, 6) is -0.849. The quantitative estimate of drug-likeness (QED) is 0.744. The Morgan fingerprint density at radius 1 is 1.17 bits per heavy atom. The Balaban J connectivity index is 2.18. The molecule has 0 bridgehead atoms. The van der Waals surface area contributed by atoms with Crippen molar-refractivity contribution in [1.82, 2.24) is 0 Å². The maximum atomic E-state index is 12.5. The van der Waals surface area contributed by atoms with Crippen molar-refractivity contribution >= 4 is 11.8 Å². The molecular weight excluding hydrogens is 304 g/mol. The fourth-order valence-electron chi connectivity index (χ4n) is 3.94. The summed E-state index contributed by atoms with van der Waals surface area (Å²) in [4.78, 5) is 25.0. The first-order valence-corrected chi connectivity index (χ1v) is 8.37. The van der Waals surface area contributed by atoms with Gasteiger partial charge < -0.3 is 9.84 Å². The van der Waals surface area contributed by atoms with E-state index in [1.807, 2.05) is 52.8 Å². The maximum absolute atomic E-state index is 12.5. The van der Waals surface area contributed by atoms with E-state index in [0.29, 0.717) is 17.8 Å². The third-order valence-corrected chi connectivity index (χ3v) is 5.34. The molecule has 0 radical (unpaired) electrons. The second kappa shape index (κ2) is 5.20. The molecule has 0 unspecified atom stereocenters. The lowest BCUT2D eigenvalue weighted by atomic mass is 9.65. The van der Waals surface area contributed by atoms with Crippen molar-refractivity contribution in [1.29, 1.82) is 0 Å². The highest BCUT2D eigenvalue weighted by molar-refractivity contribution is 6.10. The highest BCUT2D eigenvalue weighted by Gasteiger charge is 2.51. The van der Waals surface area contributed by atoms with Gasteiger partial charge in [0.25, 0.3) is 0 Å². The number of fused-ring (bicyclic) bond motifs is 2. The van der Waals surface area contributed by atoms with Gasteiger partial charge in [-0.1, -0.05) is 39.8 Å². The number of aliphatic hydroxyl groups excluding tert-OH is 1. The number of rotatable bonds is 1. The van der Waals surface area contributed by atoms with Crippen LogP contribution in [-0.2, 0) is 14.3 Å². The van der Waals surface area contributed by atoms with Gasteiger partial charge in [0.1, 0.15) is 6.61 Å². The Morgan fingerprint density at radius 3 is 2.46 bits per heavy atom. The minimum Gasteiger partial charge on any atom is -0.504 e. The first-order chi connectivity index (χ1) is 11.1. The van der Waals surface area contributed by atoms with E-state index in [1.165, 1.54) is 0 Å². The van der Waals surface area contributed by atoms with Crippen LogP contribution in [0.2, 0.25) is 0 Å². The topological polar surface area (TPSA) is 63.6 Å². The van der Waals surface area contributed by atoms with Crippen molar-refractivity contribution in [3.8, 4) is 0 Å². The van der Waals surface area contributed by atoms with Crippen molar-refractivity contribution < 1.29 is 19.4 Å². The molecule has 1 atom stereocenters. The van der Waals surface area contributed by atoms with E-state index >= 15 is 0 Å². The van der Waals surface area contributed by atoms with Gasteiger partial charge in [-0.3, -0.25) is 9.59 Å². The standard InChI is InChI=1S/C20H24O4/c1-11(2)13-8-12-6-7-15-19(3,4)10-24-18(23)20(15,5)9-14(12)17(22)16(13)21/h6-8,11,22H,9-10H2,1-5H3/t20-/m0/s1. The lowest BCUT2D eigenvalue weighted by Gasteiger charge is -2.43. The molecule has 0 amide bonds. The Bertz CT molecular complexity index is 759. The Hall–Kier alpha value is -2.10. The van der Waals surface area contributed by atoms with Crippen molar-refractivity contribution in [3.63, 3.8) is 0 Å². The molecule has 3 aliphatic rings. The normalized spacial score (nSPS) is 29.2. The van der Waals surface area contributed by atoms with Crippen molar-refractivity contribution in [2.45, 2.75) is 41.0 Å². The van der Waals surface area contributed by atoms with Gasteiger partial charge >= 0.3 is 5.97 Å². The predicted octanol–water partition coefficient (Wildman–Crippen LogP) is 3.81. The molecule has 2 aliphatic carbocycles. The van der Waals surface area contributed by atoms with Crippen LogP contribution < -0.4 is 0 Å². The van der Waals surface area contributed by atoms with Crippen LogP contribution in [0.5, 0.6) is 0 Å². The number of hydrogen-bond donors (Lipinski definition) is 1. The fraction of sp³-hybridized carbons (Fsp3) is 0.500. The lowest BCUT2D eigenvalue weighted by Crippen LogP contribution is -2.46. The predicted molar refractivity (Wildman–Crippen MR) is 91.2 cm³/mol. The first-order valence-electron chi connectivity index (χ1n) is 8.37. The van der Waals surface area contributed by atoms with E-state index in [4.69, 9.17) is 4.74 Å². The highest BCUT2D eigenvalue weighted by atomic mass is 16.5. The monoisotopic (exact) mass is 328 g/mol. The molecule has 1 N–H and O–H groups in total. The van der Waals surface area contributed by atoms with E-state index in [9.17, 15) is 14.7 Å². The van der Waals surface area contributed by atoms with E-state index in [-0.39, 0.29) is 35.3 Å². The zero-order valence-corrected chi connectivity index (χ0v) is 14.9. The maximum Gasteiger partial charge on any atom is 0.316 e. The van der Waals surface area contributed by atoms with Gasteiger partial charge in [-0.05, 0) is 36.5 Å². The van der Waals surface area contributed by atoms with E-state index in [0.717, 1.165) is 11.1 Å². The molecule has 1 fully saturated rings. The second-order valence-corrected chi connectivity index (χ2v) is 8.08. The van der Waals surface area contributed by atoms with Gasteiger partial charge in [0.2, 0.25) is 5.78 Å². The van der Waals surface area contributed by atoms with Crippen LogP contribution in [0.4, 0.5) is 0 Å². The molecule has 4 nitrogen and oxygen atoms in total. The van der Waals surface area contributed by atoms with E-state index in [1.54, 1.807) is 0 Å². The van der Waals surface area contributed by atoms with Crippen molar-refractivity contribution in [2.75, 3.05) is 6.61 Å².